The molecule has 2 rings (SSSR count). The first-order valence-electron chi connectivity index (χ1n) is 7.36. The minimum Gasteiger partial charge on any atom is -0.352 e. The predicted octanol–water partition coefficient (Wildman–Crippen LogP) is 2.15. The maximum atomic E-state index is 12.4. The molecule has 0 aliphatic carbocycles. The molecular formula is C17H22N2O2. The van der Waals surface area contributed by atoms with E-state index in [1.165, 1.54) is 0 Å². The Bertz CT molecular complexity index is 531. The van der Waals surface area contributed by atoms with Crippen LogP contribution in [0.3, 0.4) is 0 Å². The lowest BCUT2D eigenvalue weighted by Gasteiger charge is -2.31. The molecule has 4 heteroatoms. The number of piperidine rings is 1. The Balaban J connectivity index is 1.90. The molecule has 1 fully saturated rings. The van der Waals surface area contributed by atoms with Crippen molar-refractivity contribution in [2.24, 2.45) is 5.92 Å². The van der Waals surface area contributed by atoms with Gasteiger partial charge >= 0.3 is 0 Å². The van der Waals surface area contributed by atoms with Gasteiger partial charge in [0.05, 0.1) is 0 Å². The van der Waals surface area contributed by atoms with E-state index < -0.39 is 0 Å². The first-order valence-corrected chi connectivity index (χ1v) is 7.36. The number of nitrogens with zero attached hydrogens (tertiary/aromatic N) is 1. The molecule has 2 amide bonds. The van der Waals surface area contributed by atoms with Crippen molar-refractivity contribution < 1.29 is 9.59 Å². The lowest BCUT2D eigenvalue weighted by Crippen LogP contribution is -2.43. The van der Waals surface area contributed by atoms with Gasteiger partial charge in [-0.3, -0.25) is 9.59 Å². The van der Waals surface area contributed by atoms with Crippen molar-refractivity contribution in [1.29, 1.82) is 0 Å². The van der Waals surface area contributed by atoms with Gasteiger partial charge < -0.3 is 10.2 Å². The van der Waals surface area contributed by atoms with E-state index in [4.69, 9.17) is 0 Å². The van der Waals surface area contributed by atoms with E-state index in [1.54, 1.807) is 6.08 Å². The number of hydrogen-bond donors (Lipinski definition) is 1. The molecule has 0 radical (unpaired) electrons. The zero-order valence-corrected chi connectivity index (χ0v) is 12.5. The van der Waals surface area contributed by atoms with E-state index in [2.05, 4.69) is 11.9 Å². The second-order valence-corrected chi connectivity index (χ2v) is 5.47. The lowest BCUT2D eigenvalue weighted by atomic mass is 9.95. The van der Waals surface area contributed by atoms with Crippen LogP contribution in [0.4, 0.5) is 0 Å². The first-order chi connectivity index (χ1) is 10.1. The number of hydrogen-bond acceptors (Lipinski definition) is 2. The number of carbonyl (C=O) groups is 2. The van der Waals surface area contributed by atoms with Crippen LogP contribution in [0.5, 0.6) is 0 Å². The van der Waals surface area contributed by atoms with Gasteiger partial charge in [-0.15, -0.1) is 6.58 Å². The molecule has 1 aliphatic rings. The average Bonchev–Trinajstić information content (AvgIpc) is 2.52. The standard InChI is InChI=1S/C17H22N2O2/c1-3-9-18-16(20)14-7-10-19(11-8-14)17(21)15-6-4-5-13(2)12-15/h3-6,12,14H,1,7-11H2,2H3,(H,18,20). The van der Waals surface area contributed by atoms with Crippen LogP contribution in [0, 0.1) is 12.8 Å². The van der Waals surface area contributed by atoms with Gasteiger partial charge in [-0.1, -0.05) is 23.8 Å². The maximum absolute atomic E-state index is 12.4. The van der Waals surface area contributed by atoms with Crippen molar-refractivity contribution in [3.05, 3.63) is 48.0 Å². The Hall–Kier alpha value is -2.10. The molecule has 0 saturated carbocycles. The maximum Gasteiger partial charge on any atom is 0.253 e. The highest BCUT2D eigenvalue weighted by Gasteiger charge is 2.27. The zero-order chi connectivity index (χ0) is 15.2. The van der Waals surface area contributed by atoms with Gasteiger partial charge in [0.2, 0.25) is 5.91 Å². The normalized spacial score (nSPS) is 15.6. The van der Waals surface area contributed by atoms with Gasteiger partial charge in [0, 0.05) is 31.1 Å². The van der Waals surface area contributed by atoms with Crippen LogP contribution < -0.4 is 5.32 Å². The molecule has 1 N–H and O–H groups in total. The molecule has 0 aromatic heterocycles. The average molecular weight is 286 g/mol. The minimum absolute atomic E-state index is 0.00603. The molecular weight excluding hydrogens is 264 g/mol. The van der Waals surface area contributed by atoms with Crippen LogP contribution in [0.15, 0.2) is 36.9 Å². The molecule has 1 aromatic carbocycles. The number of aryl methyl sites for hydroxylation is 1. The second-order valence-electron chi connectivity index (χ2n) is 5.47. The largest absolute Gasteiger partial charge is 0.352 e. The van der Waals surface area contributed by atoms with Gasteiger partial charge in [-0.2, -0.15) is 0 Å². The quantitative estimate of drug-likeness (QED) is 0.862. The Morgan fingerprint density at radius 3 is 2.71 bits per heavy atom. The van der Waals surface area contributed by atoms with Crippen molar-refractivity contribution in [3.63, 3.8) is 0 Å². The summed E-state index contributed by atoms with van der Waals surface area (Å²) in [5, 5.41) is 2.82. The molecule has 112 valence electrons. The van der Waals surface area contributed by atoms with Gasteiger partial charge in [-0.25, -0.2) is 0 Å². The van der Waals surface area contributed by atoms with Gasteiger partial charge in [-0.05, 0) is 31.9 Å². The third kappa shape index (κ3) is 3.94. The zero-order valence-electron chi connectivity index (χ0n) is 12.5. The van der Waals surface area contributed by atoms with E-state index in [1.807, 2.05) is 36.1 Å². The molecule has 0 bridgehead atoms. The van der Waals surface area contributed by atoms with Gasteiger partial charge in [0.15, 0.2) is 0 Å². The number of nitrogens with one attached hydrogen (secondary N) is 1. The smallest absolute Gasteiger partial charge is 0.253 e. The van der Waals surface area contributed by atoms with Crippen LogP contribution in [-0.2, 0) is 4.79 Å². The Morgan fingerprint density at radius 2 is 2.10 bits per heavy atom. The minimum atomic E-state index is 0.00603. The Labute approximate surface area is 125 Å². The highest BCUT2D eigenvalue weighted by molar-refractivity contribution is 5.94. The summed E-state index contributed by atoms with van der Waals surface area (Å²) in [5.41, 5.74) is 1.81. The summed E-state index contributed by atoms with van der Waals surface area (Å²) in [6.07, 6.45) is 3.12. The van der Waals surface area contributed by atoms with E-state index in [0.29, 0.717) is 19.6 Å². The fraction of sp³-hybridized carbons (Fsp3) is 0.412. The molecule has 1 aliphatic heterocycles. The fourth-order valence-electron chi connectivity index (χ4n) is 2.62. The molecule has 1 aromatic rings. The molecule has 0 spiro atoms. The van der Waals surface area contributed by atoms with Crippen molar-refractivity contribution in [3.8, 4) is 0 Å². The van der Waals surface area contributed by atoms with Crippen molar-refractivity contribution >= 4 is 11.8 Å². The summed E-state index contributed by atoms with van der Waals surface area (Å²) in [6, 6.07) is 7.63. The SMILES string of the molecule is C=CCNC(=O)C1CCN(C(=O)c2cccc(C)c2)CC1. The topological polar surface area (TPSA) is 49.4 Å². The summed E-state index contributed by atoms with van der Waals surface area (Å²) in [6.45, 7) is 7.34. The summed E-state index contributed by atoms with van der Waals surface area (Å²) in [7, 11) is 0. The van der Waals surface area contributed by atoms with Crippen LogP contribution in [0.25, 0.3) is 0 Å². The highest BCUT2D eigenvalue weighted by atomic mass is 16.2. The van der Waals surface area contributed by atoms with E-state index in [-0.39, 0.29) is 17.7 Å². The number of likely N-dealkylation sites (tertiary alicyclic amines) is 1. The fourth-order valence-corrected chi connectivity index (χ4v) is 2.62. The van der Waals surface area contributed by atoms with Crippen LogP contribution in [0.2, 0.25) is 0 Å². The molecule has 4 nitrogen and oxygen atoms in total. The van der Waals surface area contributed by atoms with E-state index in [9.17, 15) is 9.59 Å². The first kappa shape index (κ1) is 15.3. The Kier molecular flexibility index (Phi) is 5.14. The lowest BCUT2D eigenvalue weighted by molar-refractivity contribution is -0.126. The molecule has 1 heterocycles. The Morgan fingerprint density at radius 1 is 1.38 bits per heavy atom. The second kappa shape index (κ2) is 7.07. The number of carbonyl (C=O) groups excluding carboxylic acids is 2. The summed E-state index contributed by atoms with van der Waals surface area (Å²) in [4.78, 5) is 26.1. The van der Waals surface area contributed by atoms with Gasteiger partial charge in [0.25, 0.3) is 5.91 Å². The van der Waals surface area contributed by atoms with Crippen molar-refractivity contribution in [1.82, 2.24) is 10.2 Å². The number of benzene rings is 1. The van der Waals surface area contributed by atoms with Crippen LogP contribution in [-0.4, -0.2) is 36.3 Å². The molecule has 0 unspecified atom stereocenters. The molecule has 0 atom stereocenters. The van der Waals surface area contributed by atoms with E-state index in [0.717, 1.165) is 24.0 Å². The summed E-state index contributed by atoms with van der Waals surface area (Å²) in [5.74, 6) is 0.132. The van der Waals surface area contributed by atoms with Crippen LogP contribution >= 0.6 is 0 Å². The van der Waals surface area contributed by atoms with E-state index >= 15 is 0 Å². The monoisotopic (exact) mass is 286 g/mol. The predicted molar refractivity (Wildman–Crippen MR) is 83.0 cm³/mol. The highest BCUT2D eigenvalue weighted by Crippen LogP contribution is 2.19. The third-order valence-electron chi connectivity index (χ3n) is 3.84. The summed E-state index contributed by atoms with van der Waals surface area (Å²) < 4.78 is 0. The van der Waals surface area contributed by atoms with Gasteiger partial charge in [0.1, 0.15) is 0 Å². The van der Waals surface area contributed by atoms with Crippen molar-refractivity contribution in [2.45, 2.75) is 19.8 Å². The molecule has 1 saturated heterocycles. The number of rotatable bonds is 4. The van der Waals surface area contributed by atoms with Crippen LogP contribution in [0.1, 0.15) is 28.8 Å². The number of amides is 2. The third-order valence-corrected chi connectivity index (χ3v) is 3.84. The summed E-state index contributed by atoms with van der Waals surface area (Å²) >= 11 is 0. The van der Waals surface area contributed by atoms with Crippen molar-refractivity contribution in [2.75, 3.05) is 19.6 Å². The molecule has 21 heavy (non-hydrogen) atoms.